The molecule has 2 fully saturated rings. The zero-order valence-corrected chi connectivity index (χ0v) is 12.4. The molecule has 1 aromatic rings. The van der Waals surface area contributed by atoms with Gasteiger partial charge in [0, 0.05) is 18.3 Å². The van der Waals surface area contributed by atoms with Crippen LogP contribution in [0.2, 0.25) is 0 Å². The van der Waals surface area contributed by atoms with Gasteiger partial charge in [0.2, 0.25) is 5.91 Å². The fraction of sp³-hybridized carbons (Fsp3) is 0.588. The second-order valence-corrected chi connectivity index (χ2v) is 6.67. The molecular weight excluding hydrogens is 264 g/mol. The lowest BCUT2D eigenvalue weighted by Crippen LogP contribution is -2.46. The molecule has 21 heavy (non-hydrogen) atoms. The van der Waals surface area contributed by atoms with E-state index in [1.165, 1.54) is 18.4 Å². The minimum absolute atomic E-state index is 0.0387. The van der Waals surface area contributed by atoms with Crippen molar-refractivity contribution in [2.24, 2.45) is 23.5 Å². The summed E-state index contributed by atoms with van der Waals surface area (Å²) in [6.07, 6.45) is 4.46. The summed E-state index contributed by atoms with van der Waals surface area (Å²) in [5, 5.41) is 0. The predicted molar refractivity (Wildman–Crippen MR) is 81.3 cm³/mol. The summed E-state index contributed by atoms with van der Waals surface area (Å²) in [4.78, 5) is 14.9. The molecule has 0 radical (unpaired) electrons. The minimum atomic E-state index is 0.0387. The number of benzene rings is 1. The summed E-state index contributed by atoms with van der Waals surface area (Å²) in [5.41, 5.74) is 8.59. The van der Waals surface area contributed by atoms with Gasteiger partial charge >= 0.3 is 0 Å². The summed E-state index contributed by atoms with van der Waals surface area (Å²) >= 11 is 0. The van der Waals surface area contributed by atoms with Crippen LogP contribution in [0.15, 0.2) is 18.2 Å². The van der Waals surface area contributed by atoms with Gasteiger partial charge in [0.1, 0.15) is 5.75 Å². The van der Waals surface area contributed by atoms with E-state index in [0.717, 1.165) is 30.8 Å². The number of nitrogens with zero attached hydrogens (tertiary/aromatic N) is 1. The number of hydrogen-bond donors (Lipinski definition) is 1. The summed E-state index contributed by atoms with van der Waals surface area (Å²) in [6, 6.07) is 6.06. The van der Waals surface area contributed by atoms with Gasteiger partial charge < -0.3 is 15.4 Å². The molecule has 2 saturated carbocycles. The Morgan fingerprint density at radius 1 is 1.33 bits per heavy atom. The normalized spacial score (nSPS) is 33.3. The number of fused-ring (bicyclic) bond motifs is 3. The monoisotopic (exact) mass is 286 g/mol. The number of nitrogens with two attached hydrogens (primary N) is 1. The minimum Gasteiger partial charge on any atom is -0.497 e. The number of amides is 1. The highest BCUT2D eigenvalue weighted by Gasteiger charge is 2.50. The fourth-order valence-corrected chi connectivity index (χ4v) is 4.62. The number of carbonyl (C=O) groups excluding carboxylic acids is 1. The van der Waals surface area contributed by atoms with E-state index >= 15 is 0 Å². The molecule has 2 N–H and O–H groups in total. The molecule has 1 heterocycles. The van der Waals surface area contributed by atoms with Gasteiger partial charge in [0.15, 0.2) is 0 Å². The highest BCUT2D eigenvalue weighted by atomic mass is 16.5. The first kappa shape index (κ1) is 13.1. The van der Waals surface area contributed by atoms with E-state index in [-0.39, 0.29) is 17.9 Å². The second-order valence-electron chi connectivity index (χ2n) is 6.67. The Morgan fingerprint density at radius 3 is 2.86 bits per heavy atom. The van der Waals surface area contributed by atoms with E-state index in [2.05, 4.69) is 0 Å². The third-order valence-electron chi connectivity index (χ3n) is 5.71. The number of rotatable bonds is 2. The highest BCUT2D eigenvalue weighted by Crippen LogP contribution is 2.49. The molecule has 3 aliphatic rings. The van der Waals surface area contributed by atoms with Crippen molar-refractivity contribution in [2.75, 3.05) is 18.6 Å². The molecule has 4 unspecified atom stereocenters. The zero-order chi connectivity index (χ0) is 14.6. The average molecular weight is 286 g/mol. The molecule has 112 valence electrons. The van der Waals surface area contributed by atoms with Crippen LogP contribution in [0, 0.1) is 17.8 Å². The van der Waals surface area contributed by atoms with Gasteiger partial charge in [-0.3, -0.25) is 4.79 Å². The molecule has 2 bridgehead atoms. The summed E-state index contributed by atoms with van der Waals surface area (Å²) < 4.78 is 5.27. The van der Waals surface area contributed by atoms with E-state index in [1.54, 1.807) is 7.11 Å². The molecule has 0 saturated heterocycles. The molecular formula is C17H22N2O2. The van der Waals surface area contributed by atoms with Crippen molar-refractivity contribution in [3.8, 4) is 5.75 Å². The lowest BCUT2D eigenvalue weighted by Gasteiger charge is -2.31. The van der Waals surface area contributed by atoms with Crippen LogP contribution in [-0.4, -0.2) is 25.6 Å². The van der Waals surface area contributed by atoms with Gasteiger partial charge in [-0.15, -0.1) is 0 Å². The second kappa shape index (κ2) is 4.73. The zero-order valence-electron chi connectivity index (χ0n) is 12.4. The van der Waals surface area contributed by atoms with Crippen LogP contribution in [0.4, 0.5) is 5.69 Å². The average Bonchev–Trinajstić information content (AvgIpc) is 3.19. The SMILES string of the molecule is COc1ccc2c(c1)CCN2C(=O)C1C2CCC(C2)C1N. The van der Waals surface area contributed by atoms with Crippen LogP contribution < -0.4 is 15.4 Å². The van der Waals surface area contributed by atoms with E-state index in [1.807, 2.05) is 23.1 Å². The van der Waals surface area contributed by atoms with Crippen molar-refractivity contribution in [1.82, 2.24) is 0 Å². The molecule has 4 atom stereocenters. The first-order valence-corrected chi connectivity index (χ1v) is 7.93. The van der Waals surface area contributed by atoms with Crippen molar-refractivity contribution in [3.05, 3.63) is 23.8 Å². The Morgan fingerprint density at radius 2 is 2.14 bits per heavy atom. The standard InChI is InChI=1S/C17H22N2O2/c1-21-13-4-5-14-10(9-13)6-7-19(14)17(20)15-11-2-3-12(8-11)16(15)18/h4-5,9,11-12,15-16H,2-3,6-8,18H2,1H3. The molecule has 0 aromatic heterocycles. The maximum absolute atomic E-state index is 13.0. The van der Waals surface area contributed by atoms with Gasteiger partial charge in [0.05, 0.1) is 13.0 Å². The number of anilines is 1. The third kappa shape index (κ3) is 1.89. The van der Waals surface area contributed by atoms with E-state index in [4.69, 9.17) is 10.5 Å². The van der Waals surface area contributed by atoms with Crippen molar-refractivity contribution in [1.29, 1.82) is 0 Å². The maximum atomic E-state index is 13.0. The van der Waals surface area contributed by atoms with Crippen LogP contribution >= 0.6 is 0 Å². The number of methoxy groups -OCH3 is 1. The van der Waals surface area contributed by atoms with E-state index in [0.29, 0.717) is 11.8 Å². The molecule has 1 aromatic carbocycles. The highest BCUT2D eigenvalue weighted by molar-refractivity contribution is 5.98. The van der Waals surface area contributed by atoms with Gasteiger partial charge in [-0.25, -0.2) is 0 Å². The topological polar surface area (TPSA) is 55.6 Å². The van der Waals surface area contributed by atoms with Gasteiger partial charge in [-0.2, -0.15) is 0 Å². The molecule has 1 amide bonds. The van der Waals surface area contributed by atoms with E-state index < -0.39 is 0 Å². The van der Waals surface area contributed by atoms with Crippen molar-refractivity contribution in [3.63, 3.8) is 0 Å². The van der Waals surface area contributed by atoms with Crippen LogP contribution in [-0.2, 0) is 11.2 Å². The van der Waals surface area contributed by atoms with Crippen LogP contribution in [0.25, 0.3) is 0 Å². The van der Waals surface area contributed by atoms with Crippen LogP contribution in [0.3, 0.4) is 0 Å². The summed E-state index contributed by atoms with van der Waals surface area (Å²) in [6.45, 7) is 0.780. The first-order chi connectivity index (χ1) is 10.2. The van der Waals surface area contributed by atoms with Crippen molar-refractivity contribution in [2.45, 2.75) is 31.7 Å². The Balaban J connectivity index is 1.60. The molecule has 2 aliphatic carbocycles. The first-order valence-electron chi connectivity index (χ1n) is 7.93. The van der Waals surface area contributed by atoms with Crippen molar-refractivity contribution < 1.29 is 9.53 Å². The Labute approximate surface area is 125 Å². The molecule has 0 spiro atoms. The van der Waals surface area contributed by atoms with Crippen molar-refractivity contribution >= 4 is 11.6 Å². The Kier molecular flexibility index (Phi) is 2.96. The lowest BCUT2D eigenvalue weighted by atomic mass is 9.84. The number of hydrogen-bond acceptors (Lipinski definition) is 3. The number of carbonyl (C=O) groups is 1. The Hall–Kier alpha value is -1.55. The van der Waals surface area contributed by atoms with Gasteiger partial charge in [-0.05, 0) is 61.3 Å². The quantitative estimate of drug-likeness (QED) is 0.904. The smallest absolute Gasteiger partial charge is 0.231 e. The molecule has 4 nitrogen and oxygen atoms in total. The number of ether oxygens (including phenoxy) is 1. The van der Waals surface area contributed by atoms with Crippen LogP contribution in [0.5, 0.6) is 5.75 Å². The maximum Gasteiger partial charge on any atom is 0.231 e. The largest absolute Gasteiger partial charge is 0.497 e. The van der Waals surface area contributed by atoms with Crippen LogP contribution in [0.1, 0.15) is 24.8 Å². The summed E-state index contributed by atoms with van der Waals surface area (Å²) in [7, 11) is 1.67. The Bertz CT molecular complexity index is 584. The summed E-state index contributed by atoms with van der Waals surface area (Å²) in [5.74, 6) is 2.23. The van der Waals surface area contributed by atoms with E-state index in [9.17, 15) is 4.79 Å². The predicted octanol–water partition coefficient (Wildman–Crippen LogP) is 1.96. The molecule has 1 aliphatic heterocycles. The van der Waals surface area contributed by atoms with Gasteiger partial charge in [0.25, 0.3) is 0 Å². The van der Waals surface area contributed by atoms with Gasteiger partial charge in [-0.1, -0.05) is 0 Å². The fourth-order valence-electron chi connectivity index (χ4n) is 4.62. The molecule has 4 heteroatoms. The third-order valence-corrected chi connectivity index (χ3v) is 5.71. The molecule has 4 rings (SSSR count). The lowest BCUT2D eigenvalue weighted by molar-refractivity contribution is -0.124.